The minimum absolute atomic E-state index is 0.101. The Balaban J connectivity index is 1.92. The molecule has 19 heavy (non-hydrogen) atoms. The monoisotopic (exact) mass is 262 g/mol. The number of rotatable bonds is 3. The summed E-state index contributed by atoms with van der Waals surface area (Å²) in [6.45, 7) is 0.507. The molecule has 1 saturated heterocycles. The molecule has 0 unspecified atom stereocenters. The van der Waals surface area contributed by atoms with Gasteiger partial charge in [0.15, 0.2) is 0 Å². The van der Waals surface area contributed by atoms with Gasteiger partial charge in [0.25, 0.3) is 0 Å². The first-order chi connectivity index (χ1) is 9.10. The summed E-state index contributed by atoms with van der Waals surface area (Å²) in [6.07, 6.45) is 5.05. The Bertz CT molecular complexity index is 525. The van der Waals surface area contributed by atoms with E-state index in [9.17, 15) is 14.3 Å². The molecule has 0 saturated carbocycles. The molecular weight excluding hydrogens is 247 g/mol. The van der Waals surface area contributed by atoms with Crippen LogP contribution in [0.5, 0.6) is 0 Å². The van der Waals surface area contributed by atoms with Crippen molar-refractivity contribution < 1.29 is 14.3 Å². The molecule has 4 nitrogen and oxygen atoms in total. The Labute approximate surface area is 111 Å². The molecule has 0 radical (unpaired) electrons. The van der Waals surface area contributed by atoms with Crippen molar-refractivity contribution in [2.45, 2.75) is 25.1 Å². The molecule has 1 amide bonds. The smallest absolute Gasteiger partial charge is 0.237 e. The Kier molecular flexibility index (Phi) is 4.15. The van der Waals surface area contributed by atoms with Crippen LogP contribution in [0.2, 0.25) is 0 Å². The molecule has 0 bridgehead atoms. The lowest BCUT2D eigenvalue weighted by Gasteiger charge is -2.11. The average molecular weight is 262 g/mol. The summed E-state index contributed by atoms with van der Waals surface area (Å²) in [5.74, 6) is 1.67. The molecule has 0 aromatic heterocycles. The van der Waals surface area contributed by atoms with Gasteiger partial charge in [0.1, 0.15) is 5.82 Å². The summed E-state index contributed by atoms with van der Waals surface area (Å²) < 4.78 is 13.6. The quantitative estimate of drug-likeness (QED) is 0.679. The van der Waals surface area contributed by atoms with Crippen molar-refractivity contribution in [3.63, 3.8) is 0 Å². The fraction of sp³-hybridized carbons (Fsp3) is 0.357. The molecule has 1 fully saturated rings. The van der Waals surface area contributed by atoms with Crippen LogP contribution in [-0.2, 0) is 11.3 Å². The number of nitrogens with one attached hydrogen (secondary N) is 2. The summed E-state index contributed by atoms with van der Waals surface area (Å²) in [7, 11) is 0. The fourth-order valence-corrected chi connectivity index (χ4v) is 2.00. The zero-order valence-corrected chi connectivity index (χ0v) is 10.3. The lowest BCUT2D eigenvalue weighted by Crippen LogP contribution is -2.40. The number of aliphatic hydroxyl groups is 1. The first kappa shape index (κ1) is 13.5. The van der Waals surface area contributed by atoms with E-state index in [2.05, 4.69) is 16.6 Å². The number of β-amino-alcohol motifs (C(OH)–C–C–N with tert-alkyl or cyclic N) is 1. The van der Waals surface area contributed by atoms with E-state index >= 15 is 0 Å². The van der Waals surface area contributed by atoms with Crippen LogP contribution in [0.25, 0.3) is 0 Å². The Hall–Kier alpha value is -1.90. The Morgan fingerprint density at radius 1 is 1.63 bits per heavy atom. The van der Waals surface area contributed by atoms with Gasteiger partial charge < -0.3 is 15.7 Å². The highest BCUT2D eigenvalue weighted by atomic mass is 19.1. The predicted octanol–water partition coefficient (Wildman–Crippen LogP) is 0.146. The molecule has 2 atom stereocenters. The number of halogens is 1. The maximum atomic E-state index is 13.6. The first-order valence-electron chi connectivity index (χ1n) is 6.04. The van der Waals surface area contributed by atoms with E-state index in [-0.39, 0.29) is 12.5 Å². The van der Waals surface area contributed by atoms with Crippen molar-refractivity contribution >= 4 is 5.91 Å². The van der Waals surface area contributed by atoms with Crippen molar-refractivity contribution in [1.82, 2.24) is 10.6 Å². The van der Waals surface area contributed by atoms with E-state index in [1.165, 1.54) is 6.07 Å². The second-order valence-electron chi connectivity index (χ2n) is 4.52. The molecule has 1 aliphatic heterocycles. The molecule has 1 aromatic rings. The zero-order chi connectivity index (χ0) is 13.8. The van der Waals surface area contributed by atoms with Gasteiger partial charge in [0.2, 0.25) is 5.91 Å². The standard InChI is InChI=1S/C14H15FN2O2/c1-2-9-3-4-10(12(15)5-9)7-17-14(19)13-6-11(18)8-16-13/h1,3-5,11,13,16,18H,6-8H2,(H,17,19)/t11-,13+/m1/s1. The van der Waals surface area contributed by atoms with Gasteiger partial charge in [0.05, 0.1) is 12.1 Å². The zero-order valence-electron chi connectivity index (χ0n) is 10.3. The van der Waals surface area contributed by atoms with Gasteiger partial charge in [0, 0.05) is 24.2 Å². The number of amides is 1. The van der Waals surface area contributed by atoms with E-state index in [1.54, 1.807) is 12.1 Å². The molecule has 5 heteroatoms. The molecule has 3 N–H and O–H groups in total. The van der Waals surface area contributed by atoms with Crippen molar-refractivity contribution in [1.29, 1.82) is 0 Å². The van der Waals surface area contributed by atoms with Gasteiger partial charge in [-0.15, -0.1) is 6.42 Å². The molecule has 1 aromatic carbocycles. The van der Waals surface area contributed by atoms with Crippen molar-refractivity contribution in [3.05, 3.63) is 35.1 Å². The third-order valence-electron chi connectivity index (χ3n) is 3.10. The van der Waals surface area contributed by atoms with Gasteiger partial charge >= 0.3 is 0 Å². The molecule has 0 aliphatic carbocycles. The van der Waals surface area contributed by atoms with Gasteiger partial charge in [-0.05, 0) is 18.6 Å². The minimum Gasteiger partial charge on any atom is -0.392 e. The van der Waals surface area contributed by atoms with Crippen molar-refractivity contribution in [2.24, 2.45) is 0 Å². The number of aliphatic hydroxyl groups excluding tert-OH is 1. The third-order valence-corrected chi connectivity index (χ3v) is 3.10. The molecular formula is C14H15FN2O2. The Morgan fingerprint density at radius 2 is 2.42 bits per heavy atom. The third kappa shape index (κ3) is 3.31. The number of carbonyl (C=O) groups is 1. The maximum Gasteiger partial charge on any atom is 0.237 e. The fourth-order valence-electron chi connectivity index (χ4n) is 2.00. The SMILES string of the molecule is C#Cc1ccc(CNC(=O)[C@@H]2C[C@@H](O)CN2)c(F)c1. The second kappa shape index (κ2) is 5.83. The van der Waals surface area contributed by atoms with Crippen LogP contribution in [0.4, 0.5) is 4.39 Å². The van der Waals surface area contributed by atoms with E-state index in [0.717, 1.165) is 0 Å². The number of hydrogen-bond donors (Lipinski definition) is 3. The maximum absolute atomic E-state index is 13.6. The summed E-state index contributed by atoms with van der Waals surface area (Å²) in [4.78, 5) is 11.8. The highest BCUT2D eigenvalue weighted by molar-refractivity contribution is 5.82. The van der Waals surface area contributed by atoms with Gasteiger partial charge in [-0.1, -0.05) is 12.0 Å². The van der Waals surface area contributed by atoms with Crippen molar-refractivity contribution in [3.8, 4) is 12.3 Å². The number of hydrogen-bond acceptors (Lipinski definition) is 3. The van der Waals surface area contributed by atoms with Crippen LogP contribution in [0.1, 0.15) is 17.5 Å². The molecule has 1 aliphatic rings. The van der Waals surface area contributed by atoms with E-state index in [1.807, 2.05) is 0 Å². The van der Waals surface area contributed by atoms with Crippen LogP contribution < -0.4 is 10.6 Å². The molecule has 0 spiro atoms. The average Bonchev–Trinajstić information content (AvgIpc) is 2.83. The topological polar surface area (TPSA) is 61.4 Å². The van der Waals surface area contributed by atoms with Crippen LogP contribution >= 0.6 is 0 Å². The van der Waals surface area contributed by atoms with E-state index in [0.29, 0.717) is 24.1 Å². The van der Waals surface area contributed by atoms with Crippen molar-refractivity contribution in [2.75, 3.05) is 6.54 Å². The molecule has 100 valence electrons. The van der Waals surface area contributed by atoms with Crippen LogP contribution in [-0.4, -0.2) is 29.7 Å². The second-order valence-corrected chi connectivity index (χ2v) is 4.52. The number of terminal acetylenes is 1. The lowest BCUT2D eigenvalue weighted by atomic mass is 10.1. The minimum atomic E-state index is -0.498. The molecule has 2 rings (SSSR count). The summed E-state index contributed by atoms with van der Waals surface area (Å²) in [5.41, 5.74) is 0.846. The number of benzene rings is 1. The van der Waals surface area contributed by atoms with Gasteiger partial charge in [-0.2, -0.15) is 0 Å². The Morgan fingerprint density at radius 3 is 3.00 bits per heavy atom. The van der Waals surface area contributed by atoms with E-state index < -0.39 is 18.0 Å². The molecule has 1 heterocycles. The van der Waals surface area contributed by atoms with Crippen LogP contribution in [0.15, 0.2) is 18.2 Å². The summed E-state index contributed by atoms with van der Waals surface area (Å²) >= 11 is 0. The number of carbonyl (C=O) groups excluding carboxylic acids is 1. The highest BCUT2D eigenvalue weighted by Crippen LogP contribution is 2.11. The predicted molar refractivity (Wildman–Crippen MR) is 68.6 cm³/mol. The lowest BCUT2D eigenvalue weighted by molar-refractivity contribution is -0.123. The summed E-state index contributed by atoms with van der Waals surface area (Å²) in [5, 5.41) is 14.8. The normalized spacial score (nSPS) is 21.9. The highest BCUT2D eigenvalue weighted by Gasteiger charge is 2.27. The largest absolute Gasteiger partial charge is 0.392 e. The van der Waals surface area contributed by atoms with Crippen LogP contribution in [0.3, 0.4) is 0 Å². The van der Waals surface area contributed by atoms with Gasteiger partial charge in [-0.3, -0.25) is 4.79 Å². The first-order valence-corrected chi connectivity index (χ1v) is 6.04. The van der Waals surface area contributed by atoms with Crippen LogP contribution in [0, 0.1) is 18.2 Å². The summed E-state index contributed by atoms with van der Waals surface area (Å²) in [6, 6.07) is 4.03. The van der Waals surface area contributed by atoms with E-state index in [4.69, 9.17) is 6.42 Å². The van der Waals surface area contributed by atoms with Gasteiger partial charge in [-0.25, -0.2) is 4.39 Å².